The summed E-state index contributed by atoms with van der Waals surface area (Å²) in [6.45, 7) is 0. The maximum absolute atomic E-state index is 14.0. The Morgan fingerprint density at radius 3 is 2.73 bits per heavy atom. The van der Waals surface area contributed by atoms with Crippen LogP contribution in [0.25, 0.3) is 5.57 Å². The molecule has 0 spiro atoms. The van der Waals surface area contributed by atoms with E-state index in [2.05, 4.69) is 4.98 Å². The van der Waals surface area contributed by atoms with E-state index < -0.39 is 23.6 Å². The molecule has 4 nitrogen and oxygen atoms in total. The van der Waals surface area contributed by atoms with E-state index in [-0.39, 0.29) is 12.0 Å². The quantitative estimate of drug-likeness (QED) is 0.890. The van der Waals surface area contributed by atoms with E-state index in [0.717, 1.165) is 12.1 Å². The minimum absolute atomic E-state index is 0.0103. The second-order valence-corrected chi connectivity index (χ2v) is 4.66. The van der Waals surface area contributed by atoms with Gasteiger partial charge in [0.25, 0.3) is 0 Å². The van der Waals surface area contributed by atoms with Crippen molar-refractivity contribution in [3.05, 3.63) is 71.6 Å². The van der Waals surface area contributed by atoms with Crippen molar-refractivity contribution in [3.8, 4) is 0 Å². The fourth-order valence-electron chi connectivity index (χ4n) is 1.96. The molecule has 22 heavy (non-hydrogen) atoms. The molecule has 2 aromatic rings. The third kappa shape index (κ3) is 3.73. The first-order valence-electron chi connectivity index (χ1n) is 6.53. The van der Waals surface area contributed by atoms with Crippen molar-refractivity contribution < 1.29 is 18.7 Å². The maximum atomic E-state index is 14.0. The summed E-state index contributed by atoms with van der Waals surface area (Å²) in [5.74, 6) is -2.57. The number of pyridine rings is 1. The molecule has 1 unspecified atom stereocenters. The minimum Gasteiger partial charge on any atom is -0.480 e. The van der Waals surface area contributed by atoms with E-state index in [0.29, 0.717) is 11.1 Å². The number of aromatic nitrogens is 1. The van der Waals surface area contributed by atoms with Crippen molar-refractivity contribution in [1.29, 1.82) is 0 Å². The zero-order valence-corrected chi connectivity index (χ0v) is 11.5. The number of carbonyl (C=O) groups is 1. The Bertz CT molecular complexity index is 703. The summed E-state index contributed by atoms with van der Waals surface area (Å²) in [4.78, 5) is 14.8. The normalized spacial score (nSPS) is 13.0. The summed E-state index contributed by atoms with van der Waals surface area (Å²) >= 11 is 0. The van der Waals surface area contributed by atoms with Gasteiger partial charge in [0.15, 0.2) is 0 Å². The van der Waals surface area contributed by atoms with Crippen LogP contribution in [0.2, 0.25) is 0 Å². The van der Waals surface area contributed by atoms with Gasteiger partial charge in [0, 0.05) is 29.6 Å². The lowest BCUT2D eigenvalue weighted by molar-refractivity contribution is -0.138. The lowest BCUT2D eigenvalue weighted by Gasteiger charge is -2.11. The first-order chi connectivity index (χ1) is 10.5. The Hall–Kier alpha value is -2.60. The second-order valence-electron chi connectivity index (χ2n) is 4.66. The fourth-order valence-corrected chi connectivity index (χ4v) is 1.96. The van der Waals surface area contributed by atoms with Crippen LogP contribution in [-0.2, 0) is 4.79 Å². The Balaban J connectivity index is 2.46. The van der Waals surface area contributed by atoms with Crippen molar-refractivity contribution in [3.63, 3.8) is 0 Å². The van der Waals surface area contributed by atoms with Crippen molar-refractivity contribution in [1.82, 2.24) is 4.98 Å². The van der Waals surface area contributed by atoms with Gasteiger partial charge in [-0.05, 0) is 30.2 Å². The number of carboxylic acids is 1. The van der Waals surface area contributed by atoms with Crippen LogP contribution < -0.4 is 5.73 Å². The number of nitrogens with two attached hydrogens (primary N) is 1. The van der Waals surface area contributed by atoms with E-state index in [1.807, 2.05) is 0 Å². The van der Waals surface area contributed by atoms with Crippen molar-refractivity contribution in [2.75, 3.05) is 0 Å². The summed E-state index contributed by atoms with van der Waals surface area (Å²) in [5, 5.41) is 8.84. The van der Waals surface area contributed by atoms with Crippen LogP contribution in [0.5, 0.6) is 0 Å². The number of nitrogens with zero attached hydrogens (tertiary/aromatic N) is 1. The van der Waals surface area contributed by atoms with Crippen LogP contribution >= 0.6 is 0 Å². The van der Waals surface area contributed by atoms with Crippen LogP contribution in [-0.4, -0.2) is 22.1 Å². The van der Waals surface area contributed by atoms with E-state index in [9.17, 15) is 13.6 Å². The van der Waals surface area contributed by atoms with Crippen molar-refractivity contribution in [2.45, 2.75) is 12.5 Å². The molecule has 6 heteroatoms. The number of halogens is 2. The predicted molar refractivity (Wildman–Crippen MR) is 77.9 cm³/mol. The van der Waals surface area contributed by atoms with E-state index in [1.165, 1.54) is 18.3 Å². The molecule has 2 rings (SSSR count). The molecule has 1 heterocycles. The average molecular weight is 304 g/mol. The molecule has 0 saturated carbocycles. The zero-order chi connectivity index (χ0) is 16.1. The van der Waals surface area contributed by atoms with Crippen LogP contribution in [0.4, 0.5) is 8.78 Å². The highest BCUT2D eigenvalue weighted by Gasteiger charge is 2.14. The molecule has 0 aliphatic rings. The first-order valence-corrected chi connectivity index (χ1v) is 6.53. The number of hydrogen-bond donors (Lipinski definition) is 2. The summed E-state index contributed by atoms with van der Waals surface area (Å²) in [6, 6.07) is 5.48. The van der Waals surface area contributed by atoms with Crippen molar-refractivity contribution >= 4 is 11.5 Å². The minimum atomic E-state index is -1.15. The molecule has 0 bridgehead atoms. The monoisotopic (exact) mass is 304 g/mol. The third-order valence-electron chi connectivity index (χ3n) is 3.09. The highest BCUT2D eigenvalue weighted by atomic mass is 19.1. The van der Waals surface area contributed by atoms with Crippen LogP contribution in [0.15, 0.2) is 48.8 Å². The summed E-state index contributed by atoms with van der Waals surface area (Å²) in [5.41, 5.74) is 6.64. The molecule has 1 aromatic heterocycles. The fraction of sp³-hybridized carbons (Fsp3) is 0.125. The van der Waals surface area contributed by atoms with E-state index in [1.54, 1.807) is 18.3 Å². The van der Waals surface area contributed by atoms with E-state index in [4.69, 9.17) is 10.8 Å². The molecule has 0 aliphatic carbocycles. The summed E-state index contributed by atoms with van der Waals surface area (Å²) in [7, 11) is 0. The lowest BCUT2D eigenvalue weighted by atomic mass is 9.96. The number of benzene rings is 1. The third-order valence-corrected chi connectivity index (χ3v) is 3.09. The van der Waals surface area contributed by atoms with Gasteiger partial charge in [0.2, 0.25) is 0 Å². The molecule has 0 radical (unpaired) electrons. The van der Waals surface area contributed by atoms with E-state index >= 15 is 0 Å². The lowest BCUT2D eigenvalue weighted by Crippen LogP contribution is -2.29. The van der Waals surface area contributed by atoms with Gasteiger partial charge in [-0.25, -0.2) is 8.78 Å². The standard InChI is InChI=1S/C16H14F2N2O2/c17-11-3-4-13(14(18)8-11)12(5-6-15(19)16(21)22)10-2-1-7-20-9-10/h1-5,7-9,15H,6,19H2,(H,21,22)/b12-5-. The largest absolute Gasteiger partial charge is 0.480 e. The highest BCUT2D eigenvalue weighted by molar-refractivity contribution is 5.80. The molecule has 0 fully saturated rings. The van der Waals surface area contributed by atoms with Gasteiger partial charge in [-0.15, -0.1) is 0 Å². The van der Waals surface area contributed by atoms with Crippen LogP contribution in [0, 0.1) is 11.6 Å². The number of rotatable bonds is 5. The summed E-state index contributed by atoms with van der Waals surface area (Å²) < 4.78 is 27.1. The van der Waals surface area contributed by atoms with Gasteiger partial charge in [-0.2, -0.15) is 0 Å². The molecule has 114 valence electrons. The number of carboxylic acid groups (broad SMARTS) is 1. The van der Waals surface area contributed by atoms with Gasteiger partial charge in [-0.1, -0.05) is 12.1 Å². The van der Waals surface area contributed by atoms with Gasteiger partial charge < -0.3 is 10.8 Å². The Morgan fingerprint density at radius 2 is 2.14 bits per heavy atom. The van der Waals surface area contributed by atoms with Gasteiger partial charge in [0.1, 0.15) is 17.7 Å². The van der Waals surface area contributed by atoms with Crippen molar-refractivity contribution in [2.24, 2.45) is 5.73 Å². The second kappa shape index (κ2) is 6.91. The molecular weight excluding hydrogens is 290 g/mol. The number of aliphatic carboxylic acids is 1. The van der Waals surface area contributed by atoms with Gasteiger partial charge >= 0.3 is 5.97 Å². The average Bonchev–Trinajstić information content (AvgIpc) is 2.50. The molecular formula is C16H14F2N2O2. The first kappa shape index (κ1) is 15.8. The molecule has 0 saturated heterocycles. The Labute approximate surface area is 125 Å². The Kier molecular flexibility index (Phi) is 4.95. The number of hydrogen-bond acceptors (Lipinski definition) is 3. The maximum Gasteiger partial charge on any atom is 0.320 e. The predicted octanol–water partition coefficient (Wildman–Crippen LogP) is 2.59. The topological polar surface area (TPSA) is 76.2 Å². The van der Waals surface area contributed by atoms with Gasteiger partial charge in [0.05, 0.1) is 0 Å². The molecule has 3 N–H and O–H groups in total. The van der Waals surface area contributed by atoms with Crippen LogP contribution in [0.3, 0.4) is 0 Å². The summed E-state index contributed by atoms with van der Waals surface area (Å²) in [6.07, 6.45) is 4.61. The molecule has 1 atom stereocenters. The highest BCUT2D eigenvalue weighted by Crippen LogP contribution is 2.26. The zero-order valence-electron chi connectivity index (χ0n) is 11.5. The smallest absolute Gasteiger partial charge is 0.320 e. The molecule has 1 aromatic carbocycles. The molecule has 0 amide bonds. The Morgan fingerprint density at radius 1 is 1.36 bits per heavy atom. The molecule has 0 aliphatic heterocycles. The van der Waals surface area contributed by atoms with Gasteiger partial charge in [-0.3, -0.25) is 9.78 Å². The SMILES string of the molecule is NC(C/C=C(/c1cccnc1)c1ccc(F)cc1F)C(=O)O. The van der Waals surface area contributed by atoms with Crippen LogP contribution in [0.1, 0.15) is 17.5 Å².